The van der Waals surface area contributed by atoms with Crippen molar-refractivity contribution in [3.63, 3.8) is 0 Å². The van der Waals surface area contributed by atoms with Gasteiger partial charge in [0.15, 0.2) is 0 Å². The van der Waals surface area contributed by atoms with Gasteiger partial charge >= 0.3 is 0 Å². The number of rotatable bonds is 1. The third-order valence-electron chi connectivity index (χ3n) is 3.53. The summed E-state index contributed by atoms with van der Waals surface area (Å²) in [5.41, 5.74) is 2.06. The zero-order valence-electron chi connectivity index (χ0n) is 9.49. The number of thioether (sulfide) groups is 1. The minimum atomic E-state index is 0.226. The number of carbonyl (C=O) groups excluding carboxylic acids is 1. The average molecular weight is 312 g/mol. The summed E-state index contributed by atoms with van der Waals surface area (Å²) in [5.74, 6) is 2.60. The molecule has 1 aromatic rings. The van der Waals surface area contributed by atoms with Crippen LogP contribution in [0, 0.1) is 0 Å². The van der Waals surface area contributed by atoms with Crippen LogP contribution in [0.2, 0.25) is 0 Å². The molecule has 0 saturated carbocycles. The largest absolute Gasteiger partial charge is 0.331 e. The van der Waals surface area contributed by atoms with E-state index in [-0.39, 0.29) is 5.91 Å². The van der Waals surface area contributed by atoms with Crippen LogP contribution in [0.4, 0.5) is 0 Å². The molecule has 0 bridgehead atoms. The lowest BCUT2D eigenvalue weighted by Gasteiger charge is -2.30. The highest BCUT2D eigenvalue weighted by Crippen LogP contribution is 2.31. The predicted molar refractivity (Wildman–Crippen MR) is 74.4 cm³/mol. The first-order valence-corrected chi connectivity index (χ1v) is 7.87. The van der Waals surface area contributed by atoms with Crippen LogP contribution in [0.15, 0.2) is 22.7 Å². The van der Waals surface area contributed by atoms with Crippen LogP contribution in [0.3, 0.4) is 0 Å². The molecule has 3 rings (SSSR count). The van der Waals surface area contributed by atoms with E-state index in [2.05, 4.69) is 26.9 Å². The molecule has 2 aliphatic heterocycles. The molecule has 1 saturated heterocycles. The average Bonchev–Trinajstić information content (AvgIpc) is 2.67. The maximum Gasteiger partial charge on any atom is 0.254 e. The Balaban J connectivity index is 1.85. The van der Waals surface area contributed by atoms with Gasteiger partial charge in [0.1, 0.15) is 0 Å². The number of hydrogen-bond acceptors (Lipinski definition) is 2. The Morgan fingerprint density at radius 3 is 2.82 bits per heavy atom. The smallest absolute Gasteiger partial charge is 0.254 e. The molecule has 0 unspecified atom stereocenters. The van der Waals surface area contributed by atoms with Crippen LogP contribution in [0.25, 0.3) is 0 Å². The fourth-order valence-corrected chi connectivity index (χ4v) is 4.09. The molecule has 2 aliphatic rings. The lowest BCUT2D eigenvalue weighted by Crippen LogP contribution is -2.37. The fraction of sp³-hybridized carbons (Fsp3) is 0.462. The molecule has 1 aromatic carbocycles. The van der Waals surface area contributed by atoms with Crippen LogP contribution in [0.5, 0.6) is 0 Å². The molecule has 90 valence electrons. The van der Waals surface area contributed by atoms with E-state index in [0.717, 1.165) is 29.4 Å². The number of benzene rings is 1. The van der Waals surface area contributed by atoms with Crippen molar-refractivity contribution in [3.05, 3.63) is 33.8 Å². The third-order valence-corrected chi connectivity index (χ3v) is 5.07. The number of halogens is 1. The highest BCUT2D eigenvalue weighted by molar-refractivity contribution is 9.10. The zero-order chi connectivity index (χ0) is 11.8. The predicted octanol–water partition coefficient (Wildman–Crippen LogP) is 3.30. The van der Waals surface area contributed by atoms with E-state index in [9.17, 15) is 4.79 Å². The lowest BCUT2D eigenvalue weighted by atomic mass is 10.1. The minimum absolute atomic E-state index is 0.226. The Morgan fingerprint density at radius 1 is 1.29 bits per heavy atom. The molecule has 0 spiro atoms. The Morgan fingerprint density at radius 2 is 2.06 bits per heavy atom. The Bertz CT molecular complexity index is 457. The fourth-order valence-electron chi connectivity index (χ4n) is 2.60. The molecule has 2 nitrogen and oxygen atoms in total. The quantitative estimate of drug-likeness (QED) is 0.793. The Labute approximate surface area is 114 Å². The highest BCUT2D eigenvalue weighted by atomic mass is 79.9. The lowest BCUT2D eigenvalue weighted by molar-refractivity contribution is 0.0693. The second kappa shape index (κ2) is 4.65. The highest BCUT2D eigenvalue weighted by Gasteiger charge is 2.33. The molecular weight excluding hydrogens is 298 g/mol. The number of amides is 1. The van der Waals surface area contributed by atoms with E-state index in [1.54, 1.807) is 0 Å². The number of hydrogen-bond donors (Lipinski definition) is 0. The van der Waals surface area contributed by atoms with Crippen molar-refractivity contribution in [2.45, 2.75) is 25.4 Å². The molecule has 0 N–H and O–H groups in total. The maximum atomic E-state index is 12.3. The topological polar surface area (TPSA) is 20.3 Å². The first-order valence-electron chi connectivity index (χ1n) is 5.93. The van der Waals surface area contributed by atoms with E-state index in [1.807, 2.05) is 23.9 Å². The molecule has 0 radical (unpaired) electrons. The van der Waals surface area contributed by atoms with Crippen LogP contribution < -0.4 is 0 Å². The summed E-state index contributed by atoms with van der Waals surface area (Å²) in [6, 6.07) is 6.43. The zero-order valence-corrected chi connectivity index (χ0v) is 11.9. The summed E-state index contributed by atoms with van der Waals surface area (Å²) in [4.78, 5) is 14.4. The summed E-state index contributed by atoms with van der Waals surface area (Å²) >= 11 is 5.47. The molecule has 1 fully saturated rings. The van der Waals surface area contributed by atoms with Crippen LogP contribution in [-0.4, -0.2) is 28.4 Å². The molecule has 17 heavy (non-hydrogen) atoms. The van der Waals surface area contributed by atoms with Crippen molar-refractivity contribution in [2.75, 3.05) is 11.5 Å². The number of fused-ring (bicyclic) bond motifs is 1. The number of nitrogens with zero attached hydrogens (tertiary/aromatic N) is 1. The monoisotopic (exact) mass is 311 g/mol. The molecule has 2 heterocycles. The van der Waals surface area contributed by atoms with Crippen molar-refractivity contribution < 1.29 is 4.79 Å². The first kappa shape index (κ1) is 11.6. The third kappa shape index (κ3) is 2.13. The summed E-state index contributed by atoms with van der Waals surface area (Å²) in [6.07, 6.45) is 2.29. The van der Waals surface area contributed by atoms with Gasteiger partial charge in [0.2, 0.25) is 0 Å². The van der Waals surface area contributed by atoms with E-state index in [0.29, 0.717) is 6.04 Å². The van der Waals surface area contributed by atoms with Gasteiger partial charge in [-0.2, -0.15) is 11.8 Å². The van der Waals surface area contributed by atoms with Gasteiger partial charge in [-0.1, -0.05) is 15.9 Å². The van der Waals surface area contributed by atoms with Gasteiger partial charge in [-0.05, 0) is 48.1 Å². The van der Waals surface area contributed by atoms with Gasteiger partial charge in [-0.25, -0.2) is 0 Å². The first-order chi connectivity index (χ1) is 8.25. The minimum Gasteiger partial charge on any atom is -0.331 e. The SMILES string of the molecule is O=C1c2ccc(Br)cc2CN1C1CCSCC1. The molecular formula is C13H14BrNOS. The van der Waals surface area contributed by atoms with Crippen molar-refractivity contribution >= 4 is 33.6 Å². The van der Waals surface area contributed by atoms with E-state index in [4.69, 9.17) is 0 Å². The number of carbonyl (C=O) groups is 1. The van der Waals surface area contributed by atoms with Gasteiger partial charge in [0.05, 0.1) is 0 Å². The second-order valence-electron chi connectivity index (χ2n) is 4.58. The van der Waals surface area contributed by atoms with E-state index in [1.165, 1.54) is 17.1 Å². The van der Waals surface area contributed by atoms with E-state index < -0.39 is 0 Å². The second-order valence-corrected chi connectivity index (χ2v) is 6.72. The molecule has 1 amide bonds. The van der Waals surface area contributed by atoms with Gasteiger partial charge in [0.25, 0.3) is 5.91 Å². The van der Waals surface area contributed by atoms with Gasteiger partial charge in [-0.3, -0.25) is 4.79 Å². The molecule has 0 aromatic heterocycles. The Kier molecular flexibility index (Phi) is 3.17. The normalized spacial score (nSPS) is 20.8. The Hall–Kier alpha value is -0.480. The van der Waals surface area contributed by atoms with E-state index >= 15 is 0 Å². The standard InChI is InChI=1S/C13H14BrNOS/c14-10-1-2-12-9(7-10)8-15(13(12)16)11-3-5-17-6-4-11/h1-2,7,11H,3-6,8H2. The van der Waals surface area contributed by atoms with Crippen LogP contribution in [-0.2, 0) is 6.54 Å². The van der Waals surface area contributed by atoms with Crippen molar-refractivity contribution in [1.82, 2.24) is 4.90 Å². The van der Waals surface area contributed by atoms with Crippen LogP contribution >= 0.6 is 27.7 Å². The summed E-state index contributed by atoms with van der Waals surface area (Å²) in [7, 11) is 0. The summed E-state index contributed by atoms with van der Waals surface area (Å²) in [6.45, 7) is 0.795. The van der Waals surface area contributed by atoms with Gasteiger partial charge in [0, 0.05) is 22.6 Å². The molecule has 4 heteroatoms. The van der Waals surface area contributed by atoms with Crippen molar-refractivity contribution in [2.24, 2.45) is 0 Å². The maximum absolute atomic E-state index is 12.3. The summed E-state index contributed by atoms with van der Waals surface area (Å²) < 4.78 is 1.06. The van der Waals surface area contributed by atoms with Crippen molar-refractivity contribution in [3.8, 4) is 0 Å². The van der Waals surface area contributed by atoms with Crippen LogP contribution in [0.1, 0.15) is 28.8 Å². The van der Waals surface area contributed by atoms with Gasteiger partial charge in [-0.15, -0.1) is 0 Å². The summed E-state index contributed by atoms with van der Waals surface area (Å²) in [5, 5.41) is 0. The van der Waals surface area contributed by atoms with Crippen molar-refractivity contribution in [1.29, 1.82) is 0 Å². The molecule has 0 atom stereocenters. The molecule has 0 aliphatic carbocycles. The van der Waals surface area contributed by atoms with Gasteiger partial charge < -0.3 is 4.90 Å².